The van der Waals surface area contributed by atoms with Crippen molar-refractivity contribution in [2.45, 2.75) is 25.7 Å². The molecule has 3 rings (SSSR count). The highest BCUT2D eigenvalue weighted by Gasteiger charge is 2.36. The second-order valence-electron chi connectivity index (χ2n) is 6.78. The van der Waals surface area contributed by atoms with Gasteiger partial charge in [0.05, 0.1) is 36.3 Å². The molecule has 0 radical (unpaired) electrons. The normalized spacial score (nSPS) is 23.3. The van der Waals surface area contributed by atoms with Gasteiger partial charge in [0.2, 0.25) is 5.91 Å². The van der Waals surface area contributed by atoms with Crippen LogP contribution >= 0.6 is 0 Å². The van der Waals surface area contributed by atoms with E-state index in [1.54, 1.807) is 29.2 Å². The van der Waals surface area contributed by atoms with Crippen LogP contribution in [0.5, 0.6) is 0 Å². The van der Waals surface area contributed by atoms with Gasteiger partial charge in [0.25, 0.3) is 5.91 Å². The number of para-hydroxylation sites is 1. The number of hydrogen-bond acceptors (Lipinski definition) is 4. The van der Waals surface area contributed by atoms with Gasteiger partial charge in [0.15, 0.2) is 0 Å². The second kappa shape index (κ2) is 8.31. The van der Waals surface area contributed by atoms with Crippen LogP contribution in [0.2, 0.25) is 0 Å². The third-order valence-corrected chi connectivity index (χ3v) is 5.13. The lowest BCUT2D eigenvalue weighted by molar-refractivity contribution is -0.147. The van der Waals surface area contributed by atoms with E-state index in [9.17, 15) is 19.5 Å². The molecule has 1 aromatic rings. The van der Waals surface area contributed by atoms with Gasteiger partial charge in [0.1, 0.15) is 0 Å². The van der Waals surface area contributed by atoms with Crippen molar-refractivity contribution in [3.8, 4) is 0 Å². The minimum absolute atomic E-state index is 0.150. The van der Waals surface area contributed by atoms with Gasteiger partial charge in [-0.05, 0) is 25.0 Å². The zero-order chi connectivity index (χ0) is 18.5. The highest BCUT2D eigenvalue weighted by Crippen LogP contribution is 2.31. The Kier molecular flexibility index (Phi) is 5.88. The van der Waals surface area contributed by atoms with E-state index in [4.69, 9.17) is 4.74 Å². The van der Waals surface area contributed by atoms with Crippen LogP contribution in [-0.4, -0.2) is 54.1 Å². The standard InChI is InChI=1S/C19H24N2O5/c22-17(13-5-1-2-6-14(13)19(24)25)20-16-8-4-3-7-15(16)18(23)21-9-11-26-12-10-21/h3-4,7-8,13-14H,1-2,5-6,9-12H2,(H,20,22)(H,24,25)/t13-,14+/m1/s1. The molecule has 1 aliphatic heterocycles. The van der Waals surface area contributed by atoms with Crippen molar-refractivity contribution in [2.75, 3.05) is 31.6 Å². The number of nitrogens with zero attached hydrogens (tertiary/aromatic N) is 1. The molecule has 140 valence electrons. The minimum Gasteiger partial charge on any atom is -0.481 e. The molecule has 1 heterocycles. The van der Waals surface area contributed by atoms with Gasteiger partial charge in [-0.3, -0.25) is 14.4 Å². The van der Waals surface area contributed by atoms with Crippen LogP contribution in [0.15, 0.2) is 24.3 Å². The first-order valence-corrected chi connectivity index (χ1v) is 9.07. The monoisotopic (exact) mass is 360 g/mol. The van der Waals surface area contributed by atoms with Gasteiger partial charge in [-0.2, -0.15) is 0 Å². The number of carbonyl (C=O) groups excluding carboxylic acids is 2. The number of ether oxygens (including phenoxy) is 1. The smallest absolute Gasteiger partial charge is 0.307 e. The number of carbonyl (C=O) groups is 3. The number of morpholine rings is 1. The first-order valence-electron chi connectivity index (χ1n) is 9.07. The van der Waals surface area contributed by atoms with Crippen molar-refractivity contribution in [1.82, 2.24) is 4.90 Å². The average Bonchev–Trinajstić information content (AvgIpc) is 2.68. The zero-order valence-electron chi connectivity index (χ0n) is 14.6. The lowest BCUT2D eigenvalue weighted by Gasteiger charge is -2.29. The Hall–Kier alpha value is -2.41. The number of carboxylic acids is 1. The molecule has 2 N–H and O–H groups in total. The first-order chi connectivity index (χ1) is 12.6. The van der Waals surface area contributed by atoms with E-state index in [1.807, 2.05) is 0 Å². The number of nitrogens with one attached hydrogen (secondary N) is 1. The molecule has 1 aromatic carbocycles. The summed E-state index contributed by atoms with van der Waals surface area (Å²) in [5.41, 5.74) is 0.856. The maximum Gasteiger partial charge on any atom is 0.307 e. The molecule has 0 spiro atoms. The fourth-order valence-electron chi connectivity index (χ4n) is 3.68. The molecule has 0 aromatic heterocycles. The van der Waals surface area contributed by atoms with Crippen molar-refractivity contribution in [3.63, 3.8) is 0 Å². The lowest BCUT2D eigenvalue weighted by atomic mass is 9.78. The van der Waals surface area contributed by atoms with Gasteiger partial charge in [-0.25, -0.2) is 0 Å². The number of carboxylic acid groups (broad SMARTS) is 1. The summed E-state index contributed by atoms with van der Waals surface area (Å²) in [5, 5.41) is 12.2. The van der Waals surface area contributed by atoms with Gasteiger partial charge in [0, 0.05) is 13.1 Å². The van der Waals surface area contributed by atoms with E-state index in [1.165, 1.54) is 0 Å². The van der Waals surface area contributed by atoms with Crippen molar-refractivity contribution < 1.29 is 24.2 Å². The van der Waals surface area contributed by atoms with Crippen molar-refractivity contribution >= 4 is 23.5 Å². The van der Waals surface area contributed by atoms with E-state index in [0.29, 0.717) is 50.4 Å². The third-order valence-electron chi connectivity index (χ3n) is 5.13. The van der Waals surface area contributed by atoms with E-state index < -0.39 is 17.8 Å². The summed E-state index contributed by atoms with van der Waals surface area (Å²) < 4.78 is 5.27. The summed E-state index contributed by atoms with van der Waals surface area (Å²) in [6.07, 6.45) is 2.74. The SMILES string of the molecule is O=C(O)[C@H]1CCCC[C@H]1C(=O)Nc1ccccc1C(=O)N1CCOCC1. The number of hydrogen-bond donors (Lipinski definition) is 2. The molecule has 0 bridgehead atoms. The van der Waals surface area contributed by atoms with Crippen LogP contribution in [0.25, 0.3) is 0 Å². The molecule has 1 saturated carbocycles. The van der Waals surface area contributed by atoms with E-state index in [0.717, 1.165) is 12.8 Å². The largest absolute Gasteiger partial charge is 0.481 e. The van der Waals surface area contributed by atoms with Crippen LogP contribution in [-0.2, 0) is 14.3 Å². The average molecular weight is 360 g/mol. The molecular weight excluding hydrogens is 336 g/mol. The highest BCUT2D eigenvalue weighted by molar-refractivity contribution is 6.04. The Morgan fingerprint density at radius 1 is 1.04 bits per heavy atom. The highest BCUT2D eigenvalue weighted by atomic mass is 16.5. The van der Waals surface area contributed by atoms with E-state index in [2.05, 4.69) is 5.32 Å². The maximum atomic E-state index is 12.8. The second-order valence-corrected chi connectivity index (χ2v) is 6.78. The number of anilines is 1. The Balaban J connectivity index is 1.76. The van der Waals surface area contributed by atoms with E-state index >= 15 is 0 Å². The molecule has 1 aliphatic carbocycles. The van der Waals surface area contributed by atoms with Gasteiger partial charge < -0.3 is 20.1 Å². The topological polar surface area (TPSA) is 95.9 Å². The third kappa shape index (κ3) is 4.04. The molecule has 7 heteroatoms. The zero-order valence-corrected chi connectivity index (χ0v) is 14.6. The van der Waals surface area contributed by atoms with Crippen LogP contribution in [0.4, 0.5) is 5.69 Å². The summed E-state index contributed by atoms with van der Waals surface area (Å²) in [6.45, 7) is 2.04. The summed E-state index contributed by atoms with van der Waals surface area (Å²) in [6, 6.07) is 6.87. The molecule has 26 heavy (non-hydrogen) atoms. The Labute approximate surface area is 152 Å². The summed E-state index contributed by atoms with van der Waals surface area (Å²) in [7, 11) is 0. The molecule has 2 fully saturated rings. The summed E-state index contributed by atoms with van der Waals surface area (Å²) in [5.74, 6) is -2.62. The summed E-state index contributed by atoms with van der Waals surface area (Å²) in [4.78, 5) is 38.6. The predicted molar refractivity (Wildman–Crippen MR) is 94.9 cm³/mol. The number of amides is 2. The quantitative estimate of drug-likeness (QED) is 0.856. The van der Waals surface area contributed by atoms with Crippen molar-refractivity contribution in [1.29, 1.82) is 0 Å². The molecular formula is C19H24N2O5. The Morgan fingerprint density at radius 2 is 1.69 bits per heavy atom. The van der Waals surface area contributed by atoms with Gasteiger partial charge >= 0.3 is 5.97 Å². The van der Waals surface area contributed by atoms with Gasteiger partial charge in [-0.1, -0.05) is 25.0 Å². The van der Waals surface area contributed by atoms with E-state index in [-0.39, 0.29) is 11.8 Å². The molecule has 2 atom stereocenters. The summed E-state index contributed by atoms with van der Waals surface area (Å²) >= 11 is 0. The maximum absolute atomic E-state index is 12.8. The number of rotatable bonds is 4. The fourth-order valence-corrected chi connectivity index (χ4v) is 3.68. The first kappa shape index (κ1) is 18.4. The van der Waals surface area contributed by atoms with Crippen LogP contribution in [0.3, 0.4) is 0 Å². The predicted octanol–water partition coefficient (Wildman–Crippen LogP) is 1.99. The van der Waals surface area contributed by atoms with Crippen molar-refractivity contribution in [3.05, 3.63) is 29.8 Å². The Morgan fingerprint density at radius 3 is 2.38 bits per heavy atom. The van der Waals surface area contributed by atoms with Crippen LogP contribution in [0.1, 0.15) is 36.0 Å². The van der Waals surface area contributed by atoms with Crippen LogP contribution < -0.4 is 5.32 Å². The molecule has 0 unspecified atom stereocenters. The van der Waals surface area contributed by atoms with Crippen molar-refractivity contribution in [2.24, 2.45) is 11.8 Å². The molecule has 1 saturated heterocycles. The van der Waals surface area contributed by atoms with Crippen LogP contribution in [0, 0.1) is 11.8 Å². The van der Waals surface area contributed by atoms with Gasteiger partial charge in [-0.15, -0.1) is 0 Å². The lowest BCUT2D eigenvalue weighted by Crippen LogP contribution is -2.41. The number of aliphatic carboxylic acids is 1. The molecule has 2 aliphatic rings. The minimum atomic E-state index is -0.928. The Bertz CT molecular complexity index is 684. The fraction of sp³-hybridized carbons (Fsp3) is 0.526. The molecule has 2 amide bonds. The number of benzene rings is 1. The molecule has 7 nitrogen and oxygen atoms in total.